The summed E-state index contributed by atoms with van der Waals surface area (Å²) in [6.07, 6.45) is 0. The van der Waals surface area contributed by atoms with Crippen molar-refractivity contribution in [1.29, 1.82) is 0 Å². The van der Waals surface area contributed by atoms with Crippen LogP contribution in [-0.4, -0.2) is 53.8 Å². The van der Waals surface area contributed by atoms with Crippen LogP contribution in [0.15, 0.2) is 18.2 Å². The summed E-state index contributed by atoms with van der Waals surface area (Å²) in [5, 5.41) is 2.70. The summed E-state index contributed by atoms with van der Waals surface area (Å²) in [6.45, 7) is 5.90. The first kappa shape index (κ1) is 16.7. The Morgan fingerprint density at radius 3 is 2.45 bits per heavy atom. The molecule has 1 heterocycles. The Hall–Kier alpha value is -1.66. The smallest absolute Gasteiger partial charge is 0.241 e. The molecule has 0 spiro atoms. The fraction of sp³-hybridized carbons (Fsp3) is 0.467. The van der Waals surface area contributed by atoms with Gasteiger partial charge in [-0.3, -0.25) is 14.5 Å². The summed E-state index contributed by atoms with van der Waals surface area (Å²) in [4.78, 5) is 27.3. The second-order valence-electron chi connectivity index (χ2n) is 5.34. The zero-order chi connectivity index (χ0) is 16.3. The van der Waals surface area contributed by atoms with E-state index in [0.717, 1.165) is 0 Å². The van der Waals surface area contributed by atoms with Gasteiger partial charge in [-0.25, -0.2) is 4.39 Å². The minimum atomic E-state index is -0.520. The molecule has 0 aliphatic carbocycles. The van der Waals surface area contributed by atoms with E-state index >= 15 is 0 Å². The van der Waals surface area contributed by atoms with Gasteiger partial charge in [-0.1, -0.05) is 11.6 Å². The van der Waals surface area contributed by atoms with Gasteiger partial charge in [0.2, 0.25) is 11.8 Å². The van der Waals surface area contributed by atoms with E-state index in [1.807, 2.05) is 11.8 Å². The molecule has 0 unspecified atom stereocenters. The number of halogens is 2. The minimum Gasteiger partial charge on any atom is -0.340 e. The lowest BCUT2D eigenvalue weighted by atomic mass is 10.2. The molecule has 1 saturated heterocycles. The lowest BCUT2D eigenvalue weighted by molar-refractivity contribution is -0.131. The highest BCUT2D eigenvalue weighted by Gasteiger charge is 2.26. The number of piperazine rings is 1. The van der Waals surface area contributed by atoms with E-state index < -0.39 is 5.82 Å². The van der Waals surface area contributed by atoms with Crippen LogP contribution in [0.5, 0.6) is 0 Å². The molecule has 2 amide bonds. The minimum absolute atomic E-state index is 0.0273. The number of hydrogen-bond donors (Lipinski definition) is 1. The monoisotopic (exact) mass is 327 g/mol. The van der Waals surface area contributed by atoms with Gasteiger partial charge in [-0.2, -0.15) is 0 Å². The highest BCUT2D eigenvalue weighted by atomic mass is 35.5. The van der Waals surface area contributed by atoms with Crippen molar-refractivity contribution in [3.05, 3.63) is 29.0 Å². The third-order valence-corrected chi connectivity index (χ3v) is 4.16. The Bertz CT molecular complexity index is 574. The van der Waals surface area contributed by atoms with Crippen molar-refractivity contribution in [3.63, 3.8) is 0 Å². The highest BCUT2D eigenvalue weighted by molar-refractivity contribution is 6.31. The number of anilines is 1. The third-order valence-electron chi connectivity index (χ3n) is 3.87. The second-order valence-corrected chi connectivity index (χ2v) is 5.74. The first-order valence-electron chi connectivity index (χ1n) is 7.14. The fourth-order valence-corrected chi connectivity index (χ4v) is 2.59. The Morgan fingerprint density at radius 1 is 1.27 bits per heavy atom. The van der Waals surface area contributed by atoms with Crippen molar-refractivity contribution in [2.24, 2.45) is 0 Å². The molecule has 0 saturated carbocycles. The molecule has 0 aromatic heterocycles. The summed E-state index contributed by atoms with van der Waals surface area (Å²) in [5.74, 6) is -0.648. The van der Waals surface area contributed by atoms with Crippen LogP contribution >= 0.6 is 11.6 Å². The number of carbonyl (C=O) groups is 2. The molecule has 0 bridgehead atoms. The highest BCUT2D eigenvalue weighted by Crippen LogP contribution is 2.20. The predicted molar refractivity (Wildman–Crippen MR) is 83.3 cm³/mol. The van der Waals surface area contributed by atoms with Crippen LogP contribution in [0.3, 0.4) is 0 Å². The van der Waals surface area contributed by atoms with Crippen LogP contribution in [0.4, 0.5) is 10.1 Å². The number of carbonyl (C=O) groups excluding carboxylic acids is 2. The summed E-state index contributed by atoms with van der Waals surface area (Å²) in [6, 6.07) is 3.74. The SMILES string of the molecule is CC(=O)N1CCN([C@H](C)C(=O)Nc2ccc(F)c(Cl)c2)CC1. The van der Waals surface area contributed by atoms with Gasteiger partial charge in [0.1, 0.15) is 5.82 Å². The van der Waals surface area contributed by atoms with Crippen LogP contribution < -0.4 is 5.32 Å². The van der Waals surface area contributed by atoms with Crippen LogP contribution in [0.2, 0.25) is 5.02 Å². The predicted octanol–water partition coefficient (Wildman–Crippen LogP) is 1.97. The van der Waals surface area contributed by atoms with Crippen molar-refractivity contribution in [1.82, 2.24) is 9.80 Å². The van der Waals surface area contributed by atoms with E-state index in [2.05, 4.69) is 5.32 Å². The topological polar surface area (TPSA) is 52.7 Å². The standard InChI is InChI=1S/C15H19ClFN3O2/c1-10(19-5-7-20(8-6-19)11(2)21)15(22)18-12-3-4-14(17)13(16)9-12/h3-4,9-10H,5-8H2,1-2H3,(H,18,22)/t10-/m1/s1. The molecule has 22 heavy (non-hydrogen) atoms. The van der Waals surface area contributed by atoms with Gasteiger partial charge in [0.25, 0.3) is 0 Å². The van der Waals surface area contributed by atoms with Crippen molar-refractivity contribution in [3.8, 4) is 0 Å². The Morgan fingerprint density at radius 2 is 1.91 bits per heavy atom. The zero-order valence-electron chi connectivity index (χ0n) is 12.6. The number of nitrogens with one attached hydrogen (secondary N) is 1. The molecule has 1 N–H and O–H groups in total. The Balaban J connectivity index is 1.92. The van der Waals surface area contributed by atoms with E-state index in [-0.39, 0.29) is 22.9 Å². The molecule has 1 fully saturated rings. The number of rotatable bonds is 3. The Labute approximate surface area is 134 Å². The number of benzene rings is 1. The average Bonchev–Trinajstić information content (AvgIpc) is 2.50. The second kappa shape index (κ2) is 7.07. The van der Waals surface area contributed by atoms with Crippen LogP contribution in [0.1, 0.15) is 13.8 Å². The van der Waals surface area contributed by atoms with Crippen molar-refractivity contribution >= 4 is 29.1 Å². The average molecular weight is 328 g/mol. The molecule has 5 nitrogen and oxygen atoms in total. The van der Waals surface area contributed by atoms with E-state index in [9.17, 15) is 14.0 Å². The molecule has 2 rings (SSSR count). The molecule has 7 heteroatoms. The van der Waals surface area contributed by atoms with Gasteiger partial charge >= 0.3 is 0 Å². The molecule has 120 valence electrons. The zero-order valence-corrected chi connectivity index (χ0v) is 13.4. The molecule has 1 aliphatic heterocycles. The fourth-order valence-electron chi connectivity index (χ4n) is 2.41. The number of amides is 2. The lowest BCUT2D eigenvalue weighted by Crippen LogP contribution is -2.53. The molecule has 1 aromatic rings. The first-order valence-corrected chi connectivity index (χ1v) is 7.51. The van der Waals surface area contributed by atoms with E-state index in [1.165, 1.54) is 18.2 Å². The van der Waals surface area contributed by atoms with Crippen molar-refractivity contribution in [2.45, 2.75) is 19.9 Å². The largest absolute Gasteiger partial charge is 0.340 e. The van der Waals surface area contributed by atoms with Crippen LogP contribution in [-0.2, 0) is 9.59 Å². The summed E-state index contributed by atoms with van der Waals surface area (Å²) in [5.41, 5.74) is 0.464. The molecular weight excluding hydrogens is 309 g/mol. The van der Waals surface area contributed by atoms with Gasteiger partial charge in [0.15, 0.2) is 0 Å². The molecule has 0 radical (unpaired) electrons. The molecular formula is C15H19ClFN3O2. The van der Waals surface area contributed by atoms with Crippen molar-refractivity contribution < 1.29 is 14.0 Å². The van der Waals surface area contributed by atoms with Crippen molar-refractivity contribution in [2.75, 3.05) is 31.5 Å². The molecule has 1 aromatic carbocycles. The van der Waals surface area contributed by atoms with E-state index in [1.54, 1.807) is 11.8 Å². The maximum atomic E-state index is 13.1. The molecule has 1 atom stereocenters. The van der Waals surface area contributed by atoms with Gasteiger partial charge in [0.05, 0.1) is 11.1 Å². The van der Waals surface area contributed by atoms with E-state index in [0.29, 0.717) is 31.9 Å². The van der Waals surface area contributed by atoms with Gasteiger partial charge in [-0.05, 0) is 25.1 Å². The normalized spacial score (nSPS) is 17.2. The maximum absolute atomic E-state index is 13.1. The van der Waals surface area contributed by atoms with E-state index in [4.69, 9.17) is 11.6 Å². The van der Waals surface area contributed by atoms with Gasteiger partial charge in [-0.15, -0.1) is 0 Å². The van der Waals surface area contributed by atoms with Gasteiger partial charge in [0, 0.05) is 38.8 Å². The first-order chi connectivity index (χ1) is 10.4. The number of nitrogens with zero attached hydrogens (tertiary/aromatic N) is 2. The summed E-state index contributed by atoms with van der Waals surface area (Å²) < 4.78 is 13.1. The number of hydrogen-bond acceptors (Lipinski definition) is 3. The maximum Gasteiger partial charge on any atom is 0.241 e. The summed E-state index contributed by atoms with van der Waals surface area (Å²) >= 11 is 5.70. The summed E-state index contributed by atoms with van der Waals surface area (Å²) in [7, 11) is 0. The third kappa shape index (κ3) is 3.96. The van der Waals surface area contributed by atoms with Gasteiger partial charge < -0.3 is 10.2 Å². The molecule has 1 aliphatic rings. The Kier molecular flexibility index (Phi) is 5.37. The van der Waals surface area contributed by atoms with Crippen LogP contribution in [0, 0.1) is 5.82 Å². The lowest BCUT2D eigenvalue weighted by Gasteiger charge is -2.37. The van der Waals surface area contributed by atoms with Crippen LogP contribution in [0.25, 0.3) is 0 Å². The quantitative estimate of drug-likeness (QED) is 0.923.